The van der Waals surface area contributed by atoms with Crippen LogP contribution >= 0.6 is 0 Å². The van der Waals surface area contributed by atoms with Crippen LogP contribution in [0.5, 0.6) is 5.75 Å². The van der Waals surface area contributed by atoms with E-state index in [1.54, 1.807) is 25.1 Å². The molecule has 0 spiro atoms. The number of benzene rings is 1. The molecule has 0 saturated carbocycles. The van der Waals surface area contributed by atoms with Crippen LogP contribution in [0, 0.1) is 22.0 Å². The van der Waals surface area contributed by atoms with Crippen molar-refractivity contribution in [3.8, 4) is 17.6 Å². The third kappa shape index (κ3) is 4.26. The van der Waals surface area contributed by atoms with E-state index in [1.807, 2.05) is 0 Å². The van der Waals surface area contributed by atoms with Crippen LogP contribution in [0.2, 0.25) is 0 Å². The van der Waals surface area contributed by atoms with Gasteiger partial charge in [0.2, 0.25) is 6.20 Å². The number of nitrogen functional groups attached to an aromatic ring is 1. The highest BCUT2D eigenvalue weighted by atomic mass is 16.6. The van der Waals surface area contributed by atoms with Gasteiger partial charge >= 0.3 is 0 Å². The fraction of sp³-hybridized carbons (Fsp3) is 0.167. The molecular formula is C12H12N2O3. The van der Waals surface area contributed by atoms with Gasteiger partial charge in [0.05, 0.1) is 4.92 Å². The van der Waals surface area contributed by atoms with Crippen LogP contribution in [-0.2, 0) is 0 Å². The van der Waals surface area contributed by atoms with Gasteiger partial charge in [-0.3, -0.25) is 10.1 Å². The van der Waals surface area contributed by atoms with Gasteiger partial charge in [0.25, 0.3) is 0 Å². The van der Waals surface area contributed by atoms with Crippen LogP contribution < -0.4 is 10.5 Å². The van der Waals surface area contributed by atoms with E-state index in [4.69, 9.17) is 10.5 Å². The number of nitrogens with two attached hydrogens (primary N) is 1. The van der Waals surface area contributed by atoms with Crippen molar-refractivity contribution in [3.05, 3.63) is 40.1 Å². The molecule has 0 bridgehead atoms. The molecule has 0 saturated heterocycles. The van der Waals surface area contributed by atoms with Crippen molar-refractivity contribution in [3.63, 3.8) is 0 Å². The Hall–Kier alpha value is -2.48. The maximum atomic E-state index is 10.2. The highest BCUT2D eigenvalue weighted by Crippen LogP contribution is 2.23. The molecule has 0 radical (unpaired) electrons. The van der Waals surface area contributed by atoms with Gasteiger partial charge in [-0.05, 0) is 19.1 Å². The lowest BCUT2D eigenvalue weighted by Crippen LogP contribution is -1.97. The van der Waals surface area contributed by atoms with Crippen LogP contribution in [-0.4, -0.2) is 11.5 Å². The number of rotatable bonds is 4. The Morgan fingerprint density at radius 3 is 3.00 bits per heavy atom. The van der Waals surface area contributed by atoms with Crippen molar-refractivity contribution in [2.24, 2.45) is 0 Å². The van der Waals surface area contributed by atoms with Crippen LogP contribution in [0.4, 0.5) is 5.69 Å². The monoisotopic (exact) mass is 232 g/mol. The van der Waals surface area contributed by atoms with Gasteiger partial charge in [0, 0.05) is 23.4 Å². The summed E-state index contributed by atoms with van der Waals surface area (Å²) in [5, 5.41) is 10.2. The molecule has 0 heterocycles. The largest absolute Gasteiger partial charge is 0.480 e. The fourth-order valence-electron chi connectivity index (χ4n) is 1.14. The summed E-state index contributed by atoms with van der Waals surface area (Å²) in [7, 11) is 0. The smallest absolute Gasteiger partial charge is 0.235 e. The van der Waals surface area contributed by atoms with Crippen LogP contribution in [0.3, 0.4) is 0 Å². The first kappa shape index (κ1) is 12.6. The van der Waals surface area contributed by atoms with Crippen LogP contribution in [0.1, 0.15) is 12.5 Å². The first-order chi connectivity index (χ1) is 8.13. The highest BCUT2D eigenvalue weighted by molar-refractivity contribution is 5.61. The Morgan fingerprint density at radius 2 is 2.35 bits per heavy atom. The van der Waals surface area contributed by atoms with Gasteiger partial charge in [0.1, 0.15) is 12.4 Å². The van der Waals surface area contributed by atoms with E-state index >= 15 is 0 Å². The molecule has 0 atom stereocenters. The quantitative estimate of drug-likeness (QED) is 0.372. The lowest BCUT2D eigenvalue weighted by atomic mass is 10.2. The molecule has 5 nitrogen and oxygen atoms in total. The second-order valence-corrected chi connectivity index (χ2v) is 3.11. The lowest BCUT2D eigenvalue weighted by molar-refractivity contribution is -0.400. The number of hydrogen-bond donors (Lipinski definition) is 1. The van der Waals surface area contributed by atoms with Crippen molar-refractivity contribution in [2.45, 2.75) is 6.92 Å². The summed E-state index contributed by atoms with van der Waals surface area (Å²) >= 11 is 0. The van der Waals surface area contributed by atoms with E-state index in [1.165, 1.54) is 6.08 Å². The molecular weight excluding hydrogens is 220 g/mol. The number of nitro groups is 1. The van der Waals surface area contributed by atoms with Gasteiger partial charge in [-0.2, -0.15) is 0 Å². The predicted molar refractivity (Wildman–Crippen MR) is 65.8 cm³/mol. The van der Waals surface area contributed by atoms with Crippen LogP contribution in [0.15, 0.2) is 24.4 Å². The number of nitrogens with zero attached hydrogens (tertiary/aromatic N) is 1. The zero-order valence-corrected chi connectivity index (χ0v) is 9.34. The molecule has 5 heteroatoms. The van der Waals surface area contributed by atoms with Crippen molar-refractivity contribution in [1.82, 2.24) is 0 Å². The standard InChI is InChI=1S/C12H12N2O3/c1-2-3-8-17-12-9-11(13)5-4-10(12)6-7-14(15)16/h4-7,9H,8,13H2,1H3. The Bertz CT molecular complexity index is 498. The summed E-state index contributed by atoms with van der Waals surface area (Å²) in [5.41, 5.74) is 6.74. The van der Waals surface area contributed by atoms with Crippen LogP contribution in [0.25, 0.3) is 6.08 Å². The highest BCUT2D eigenvalue weighted by Gasteiger charge is 2.02. The van der Waals surface area contributed by atoms with Crippen molar-refractivity contribution < 1.29 is 9.66 Å². The Labute approximate surface area is 99.0 Å². The molecule has 0 fully saturated rings. The first-order valence-electron chi connectivity index (χ1n) is 4.87. The van der Waals surface area contributed by atoms with Gasteiger partial charge in [-0.1, -0.05) is 5.92 Å². The molecule has 0 aliphatic rings. The van der Waals surface area contributed by atoms with Gasteiger partial charge in [0.15, 0.2) is 0 Å². The minimum atomic E-state index is -0.536. The van der Waals surface area contributed by atoms with E-state index in [0.29, 0.717) is 17.0 Å². The summed E-state index contributed by atoms with van der Waals surface area (Å²) in [4.78, 5) is 9.71. The minimum Gasteiger partial charge on any atom is -0.480 e. The molecule has 88 valence electrons. The third-order valence-electron chi connectivity index (χ3n) is 1.89. The molecule has 0 aromatic heterocycles. The Morgan fingerprint density at radius 1 is 1.59 bits per heavy atom. The second-order valence-electron chi connectivity index (χ2n) is 3.11. The van der Waals surface area contributed by atoms with Gasteiger partial charge < -0.3 is 10.5 Å². The van der Waals surface area contributed by atoms with E-state index < -0.39 is 4.92 Å². The maximum absolute atomic E-state index is 10.2. The predicted octanol–water partition coefficient (Wildman–Crippen LogP) is 1.92. The first-order valence-corrected chi connectivity index (χ1v) is 4.87. The summed E-state index contributed by atoms with van der Waals surface area (Å²) in [6.45, 7) is 1.93. The SMILES string of the molecule is CC#CCOc1cc(N)ccc1C=C[N+](=O)[O-]. The summed E-state index contributed by atoms with van der Waals surface area (Å²) < 4.78 is 5.36. The minimum absolute atomic E-state index is 0.221. The molecule has 0 amide bonds. The molecule has 1 rings (SSSR count). The lowest BCUT2D eigenvalue weighted by Gasteiger charge is -2.06. The maximum Gasteiger partial charge on any atom is 0.235 e. The fourth-order valence-corrected chi connectivity index (χ4v) is 1.14. The van der Waals surface area contributed by atoms with E-state index in [2.05, 4.69) is 11.8 Å². The van der Waals surface area contributed by atoms with Crippen molar-refractivity contribution in [1.29, 1.82) is 0 Å². The van der Waals surface area contributed by atoms with Gasteiger partial charge in [-0.15, -0.1) is 5.92 Å². The zero-order chi connectivity index (χ0) is 12.7. The average Bonchev–Trinajstić information content (AvgIpc) is 2.28. The zero-order valence-electron chi connectivity index (χ0n) is 9.34. The van der Waals surface area contributed by atoms with E-state index in [-0.39, 0.29) is 6.61 Å². The summed E-state index contributed by atoms with van der Waals surface area (Å²) in [5.74, 6) is 5.90. The molecule has 1 aromatic carbocycles. The molecule has 0 aliphatic carbocycles. The van der Waals surface area contributed by atoms with Gasteiger partial charge in [-0.25, -0.2) is 0 Å². The molecule has 2 N–H and O–H groups in total. The van der Waals surface area contributed by atoms with E-state index in [9.17, 15) is 10.1 Å². The number of hydrogen-bond acceptors (Lipinski definition) is 4. The van der Waals surface area contributed by atoms with E-state index in [0.717, 1.165) is 6.20 Å². The second kappa shape index (κ2) is 6.18. The Kier molecular flexibility index (Phi) is 4.58. The number of ether oxygens (including phenoxy) is 1. The molecule has 0 aliphatic heterocycles. The molecule has 0 unspecified atom stereocenters. The van der Waals surface area contributed by atoms with Crippen molar-refractivity contribution >= 4 is 11.8 Å². The summed E-state index contributed by atoms with van der Waals surface area (Å²) in [6, 6.07) is 4.92. The molecule has 17 heavy (non-hydrogen) atoms. The molecule has 1 aromatic rings. The summed E-state index contributed by atoms with van der Waals surface area (Å²) in [6.07, 6.45) is 2.21. The average molecular weight is 232 g/mol. The van der Waals surface area contributed by atoms with Crippen molar-refractivity contribution in [2.75, 3.05) is 12.3 Å². The third-order valence-corrected chi connectivity index (χ3v) is 1.89. The topological polar surface area (TPSA) is 78.4 Å². The Balaban J connectivity index is 2.93. The number of anilines is 1. The normalized spacial score (nSPS) is 9.71.